The summed E-state index contributed by atoms with van der Waals surface area (Å²) >= 11 is 4.26. The fourth-order valence-corrected chi connectivity index (χ4v) is 3.24. The molecule has 1 saturated heterocycles. The second-order valence-corrected chi connectivity index (χ2v) is 8.36. The lowest BCUT2D eigenvalue weighted by Crippen LogP contribution is -2.41. The largest absolute Gasteiger partial charge is 0.494 e. The zero-order valence-corrected chi connectivity index (χ0v) is 17.1. The molecule has 0 saturated carbocycles. The predicted molar refractivity (Wildman–Crippen MR) is 110 cm³/mol. The molecule has 1 aromatic carbocycles. The van der Waals surface area contributed by atoms with Crippen LogP contribution in [0.5, 0.6) is 0 Å². The minimum absolute atomic E-state index is 0.326. The van der Waals surface area contributed by atoms with Gasteiger partial charge in [0.25, 0.3) is 0 Å². The van der Waals surface area contributed by atoms with E-state index in [9.17, 15) is 0 Å². The van der Waals surface area contributed by atoms with E-state index in [0.717, 1.165) is 41.4 Å². The van der Waals surface area contributed by atoms with Crippen molar-refractivity contribution in [2.24, 2.45) is 0 Å². The highest BCUT2D eigenvalue weighted by atomic mass is 32.1. The van der Waals surface area contributed by atoms with Crippen LogP contribution >= 0.6 is 12.6 Å². The van der Waals surface area contributed by atoms with E-state index >= 15 is 0 Å². The van der Waals surface area contributed by atoms with E-state index in [1.165, 1.54) is 0 Å². The zero-order chi connectivity index (χ0) is 18.9. The number of thiol groups is 1. The third kappa shape index (κ3) is 4.01. The number of benzene rings is 1. The van der Waals surface area contributed by atoms with Gasteiger partial charge < -0.3 is 14.3 Å². The van der Waals surface area contributed by atoms with Gasteiger partial charge in [-0.2, -0.15) is 12.6 Å². The van der Waals surface area contributed by atoms with Gasteiger partial charge in [0.2, 0.25) is 0 Å². The summed E-state index contributed by atoms with van der Waals surface area (Å²) in [4.78, 5) is 10.1. The van der Waals surface area contributed by atoms with Crippen LogP contribution in [0.2, 0.25) is 0 Å². The number of aromatic nitrogens is 2. The van der Waals surface area contributed by atoms with Gasteiger partial charge >= 0.3 is 7.12 Å². The molecule has 1 aliphatic heterocycles. The van der Waals surface area contributed by atoms with Gasteiger partial charge in [-0.1, -0.05) is 24.3 Å². The average Bonchev–Trinajstić information content (AvgIpc) is 3.10. The van der Waals surface area contributed by atoms with Crippen LogP contribution in [-0.4, -0.2) is 52.5 Å². The number of nitrogens with one attached hydrogen (secondary N) is 1. The number of aromatic amines is 1. The zero-order valence-electron chi connectivity index (χ0n) is 16.2. The van der Waals surface area contributed by atoms with Gasteiger partial charge in [0.15, 0.2) is 0 Å². The van der Waals surface area contributed by atoms with Crippen molar-refractivity contribution in [1.29, 1.82) is 0 Å². The minimum atomic E-state index is -0.332. The maximum Gasteiger partial charge on any atom is 0.494 e. The van der Waals surface area contributed by atoms with Gasteiger partial charge in [-0.05, 0) is 45.8 Å². The van der Waals surface area contributed by atoms with Crippen LogP contribution in [0.3, 0.4) is 0 Å². The van der Waals surface area contributed by atoms with Crippen molar-refractivity contribution >= 4 is 25.2 Å². The van der Waals surface area contributed by atoms with Crippen LogP contribution in [0.15, 0.2) is 30.5 Å². The first-order valence-electron chi connectivity index (χ1n) is 9.01. The van der Waals surface area contributed by atoms with Gasteiger partial charge in [-0.25, -0.2) is 4.98 Å². The molecule has 1 N–H and O–H groups in total. The Kier molecular flexibility index (Phi) is 5.54. The second-order valence-electron chi connectivity index (χ2n) is 7.92. The molecule has 26 heavy (non-hydrogen) atoms. The van der Waals surface area contributed by atoms with Gasteiger partial charge in [0.1, 0.15) is 5.82 Å². The highest BCUT2D eigenvalue weighted by Gasteiger charge is 2.51. The number of nitrogens with zero attached hydrogens (tertiary/aromatic N) is 2. The van der Waals surface area contributed by atoms with Crippen molar-refractivity contribution in [1.82, 2.24) is 14.9 Å². The Labute approximate surface area is 162 Å². The molecule has 140 valence electrons. The van der Waals surface area contributed by atoms with Gasteiger partial charge in [0, 0.05) is 12.3 Å². The number of hydrogen-bond donors (Lipinski definition) is 2. The Morgan fingerprint density at radius 2 is 1.73 bits per heavy atom. The van der Waals surface area contributed by atoms with Crippen LogP contribution in [0.4, 0.5) is 0 Å². The summed E-state index contributed by atoms with van der Waals surface area (Å²) in [6.07, 6.45) is 1.88. The van der Waals surface area contributed by atoms with Crippen LogP contribution < -0.4 is 5.46 Å². The van der Waals surface area contributed by atoms with Crippen molar-refractivity contribution in [3.8, 4) is 11.3 Å². The van der Waals surface area contributed by atoms with Crippen LogP contribution in [0.1, 0.15) is 33.5 Å². The van der Waals surface area contributed by atoms with E-state index in [1.54, 1.807) is 0 Å². The lowest BCUT2D eigenvalue weighted by molar-refractivity contribution is 0.00578. The Hall–Kier alpha value is -1.28. The molecule has 0 bridgehead atoms. The summed E-state index contributed by atoms with van der Waals surface area (Å²) < 4.78 is 12.2. The summed E-state index contributed by atoms with van der Waals surface area (Å²) in [5.41, 5.74) is 2.49. The maximum atomic E-state index is 6.11. The van der Waals surface area contributed by atoms with Crippen LogP contribution in [0.25, 0.3) is 11.3 Å². The van der Waals surface area contributed by atoms with E-state index in [4.69, 9.17) is 9.31 Å². The fraction of sp³-hybridized carbons (Fsp3) is 0.526. The highest BCUT2D eigenvalue weighted by Crippen LogP contribution is 2.36. The van der Waals surface area contributed by atoms with Gasteiger partial charge in [0.05, 0.1) is 29.6 Å². The lowest BCUT2D eigenvalue weighted by Gasteiger charge is -2.32. The molecule has 1 aliphatic rings. The normalized spacial score (nSPS) is 18.7. The smallest absolute Gasteiger partial charge is 0.399 e. The van der Waals surface area contributed by atoms with Crippen molar-refractivity contribution < 1.29 is 9.31 Å². The molecule has 0 aliphatic carbocycles. The van der Waals surface area contributed by atoms with E-state index in [0.29, 0.717) is 0 Å². The SMILES string of the molecule is CN(CCS)Cc1ncc(-c2ccc(B3OC(C)(C)C(C)(C)O3)cc2)[nH]1. The van der Waals surface area contributed by atoms with E-state index in [1.807, 2.05) is 6.20 Å². The third-order valence-corrected chi connectivity index (χ3v) is 5.48. The fourth-order valence-electron chi connectivity index (χ4n) is 2.89. The minimum Gasteiger partial charge on any atom is -0.399 e. The number of rotatable bonds is 6. The molecule has 2 aromatic rings. The molecule has 1 fully saturated rings. The highest BCUT2D eigenvalue weighted by molar-refractivity contribution is 7.80. The quantitative estimate of drug-likeness (QED) is 0.604. The monoisotopic (exact) mass is 373 g/mol. The summed E-state index contributed by atoms with van der Waals surface area (Å²) in [5, 5.41) is 0. The summed E-state index contributed by atoms with van der Waals surface area (Å²) in [5.74, 6) is 1.80. The number of imidazole rings is 1. The molecule has 7 heteroatoms. The standard InChI is InChI=1S/C19H28BN3O2S/c1-18(2)19(3,4)25-20(24-18)15-8-6-14(7-9-15)16-12-21-17(22-16)13-23(5)10-11-26/h6-9,12,26H,10-11,13H2,1-5H3,(H,21,22). The summed E-state index contributed by atoms with van der Waals surface area (Å²) in [7, 11) is 1.74. The van der Waals surface area contributed by atoms with Crippen LogP contribution in [0, 0.1) is 0 Å². The average molecular weight is 373 g/mol. The molecule has 0 atom stereocenters. The number of H-pyrrole nitrogens is 1. The summed E-state index contributed by atoms with van der Waals surface area (Å²) in [6.45, 7) is 9.99. The maximum absolute atomic E-state index is 6.11. The van der Waals surface area contributed by atoms with E-state index in [2.05, 4.69) is 86.5 Å². The lowest BCUT2D eigenvalue weighted by atomic mass is 9.79. The first-order chi connectivity index (χ1) is 12.2. The van der Waals surface area contributed by atoms with Crippen molar-refractivity contribution in [2.75, 3.05) is 19.3 Å². The van der Waals surface area contributed by atoms with Crippen molar-refractivity contribution in [3.63, 3.8) is 0 Å². The Morgan fingerprint density at radius 1 is 1.12 bits per heavy atom. The van der Waals surface area contributed by atoms with Crippen molar-refractivity contribution in [3.05, 3.63) is 36.3 Å². The Bertz CT molecular complexity index is 729. The Morgan fingerprint density at radius 3 is 2.31 bits per heavy atom. The van der Waals surface area contributed by atoms with Gasteiger partial charge in [-0.15, -0.1) is 0 Å². The molecule has 0 amide bonds. The molecule has 0 unspecified atom stereocenters. The Balaban J connectivity index is 1.70. The first kappa shape index (κ1) is 19.5. The molecular weight excluding hydrogens is 345 g/mol. The van der Waals surface area contributed by atoms with E-state index in [-0.39, 0.29) is 18.3 Å². The predicted octanol–water partition coefficient (Wildman–Crippen LogP) is 2.74. The molecule has 0 spiro atoms. The van der Waals surface area contributed by atoms with Crippen molar-refractivity contribution in [2.45, 2.75) is 45.4 Å². The van der Waals surface area contributed by atoms with E-state index < -0.39 is 0 Å². The molecule has 3 rings (SSSR count). The molecule has 2 heterocycles. The first-order valence-corrected chi connectivity index (χ1v) is 9.64. The third-order valence-electron chi connectivity index (χ3n) is 5.28. The molecular formula is C19H28BN3O2S. The summed E-state index contributed by atoms with van der Waals surface area (Å²) in [6, 6.07) is 8.28. The second kappa shape index (κ2) is 7.39. The molecule has 1 aromatic heterocycles. The van der Waals surface area contributed by atoms with Crippen LogP contribution in [-0.2, 0) is 15.9 Å². The number of hydrogen-bond acceptors (Lipinski definition) is 5. The molecule has 5 nitrogen and oxygen atoms in total. The molecule has 0 radical (unpaired) electrons. The van der Waals surface area contributed by atoms with Gasteiger partial charge in [-0.3, -0.25) is 4.90 Å². The topological polar surface area (TPSA) is 50.4 Å².